The second kappa shape index (κ2) is 7.97. The van der Waals surface area contributed by atoms with E-state index < -0.39 is 10.0 Å². The Kier molecular flexibility index (Phi) is 6.18. The van der Waals surface area contributed by atoms with Crippen molar-refractivity contribution in [2.75, 3.05) is 25.0 Å². The van der Waals surface area contributed by atoms with E-state index in [1.54, 1.807) is 26.0 Å². The largest absolute Gasteiger partial charge is 0.466 e. The van der Waals surface area contributed by atoms with Crippen LogP contribution in [-0.2, 0) is 24.3 Å². The summed E-state index contributed by atoms with van der Waals surface area (Å²) >= 11 is 0. The molecule has 0 saturated carbocycles. The standard InChI is InChI=1S/C17H24N2O5S/c1-4-24-17(21)14-7-9-19(10-8-14)25(22,23)15-5-6-16(12(2)11-15)18-13(3)20/h5-6,11,14H,4,7-10H2,1-3H3,(H,18,20). The van der Waals surface area contributed by atoms with Gasteiger partial charge in [-0.3, -0.25) is 9.59 Å². The van der Waals surface area contributed by atoms with Gasteiger partial charge >= 0.3 is 5.97 Å². The third kappa shape index (κ3) is 4.58. The van der Waals surface area contributed by atoms with Crippen LogP contribution in [0.25, 0.3) is 0 Å². The number of carbonyl (C=O) groups is 2. The molecule has 0 atom stereocenters. The number of benzene rings is 1. The van der Waals surface area contributed by atoms with E-state index in [9.17, 15) is 18.0 Å². The van der Waals surface area contributed by atoms with Gasteiger partial charge in [0.05, 0.1) is 17.4 Å². The number of nitrogens with zero attached hydrogens (tertiary/aromatic N) is 1. The van der Waals surface area contributed by atoms with Crippen LogP contribution in [0.1, 0.15) is 32.3 Å². The number of sulfonamides is 1. The summed E-state index contributed by atoms with van der Waals surface area (Å²) in [5.74, 6) is -0.704. The minimum absolute atomic E-state index is 0.189. The monoisotopic (exact) mass is 368 g/mol. The van der Waals surface area contributed by atoms with E-state index in [-0.39, 0.29) is 35.8 Å². The average molecular weight is 368 g/mol. The molecule has 1 heterocycles. The summed E-state index contributed by atoms with van der Waals surface area (Å²) in [6, 6.07) is 4.64. The lowest BCUT2D eigenvalue weighted by atomic mass is 9.98. The van der Waals surface area contributed by atoms with E-state index in [0.717, 1.165) is 0 Å². The first kappa shape index (κ1) is 19.4. The molecule has 0 aromatic heterocycles. The van der Waals surface area contributed by atoms with Gasteiger partial charge in [0.1, 0.15) is 0 Å². The molecule has 8 heteroatoms. The zero-order valence-electron chi connectivity index (χ0n) is 14.7. The number of carbonyl (C=O) groups excluding carboxylic acids is 2. The Hall–Kier alpha value is -1.93. The van der Waals surface area contributed by atoms with E-state index >= 15 is 0 Å². The summed E-state index contributed by atoms with van der Waals surface area (Å²) in [7, 11) is -3.62. The van der Waals surface area contributed by atoms with Crippen LogP contribution < -0.4 is 5.32 Å². The molecule has 1 aliphatic rings. The average Bonchev–Trinajstić information content (AvgIpc) is 2.56. The van der Waals surface area contributed by atoms with Crippen LogP contribution in [0, 0.1) is 12.8 Å². The van der Waals surface area contributed by atoms with Gasteiger partial charge in [-0.1, -0.05) is 0 Å². The number of ether oxygens (including phenoxy) is 1. The predicted molar refractivity (Wildman–Crippen MR) is 93.6 cm³/mol. The van der Waals surface area contributed by atoms with Crippen LogP contribution in [0.2, 0.25) is 0 Å². The lowest BCUT2D eigenvalue weighted by molar-refractivity contribution is -0.149. The van der Waals surface area contributed by atoms with Gasteiger partial charge in [-0.2, -0.15) is 4.31 Å². The number of nitrogens with one attached hydrogen (secondary N) is 1. The van der Waals surface area contributed by atoms with Gasteiger partial charge in [0.2, 0.25) is 15.9 Å². The number of esters is 1. The van der Waals surface area contributed by atoms with Gasteiger partial charge in [0.15, 0.2) is 0 Å². The Morgan fingerprint density at radius 3 is 2.44 bits per heavy atom. The van der Waals surface area contributed by atoms with Crippen molar-refractivity contribution >= 4 is 27.6 Å². The normalized spacial score (nSPS) is 16.4. The van der Waals surface area contributed by atoms with Crippen molar-refractivity contribution in [1.82, 2.24) is 4.31 Å². The molecule has 1 aliphatic heterocycles. The van der Waals surface area contributed by atoms with E-state index in [1.165, 1.54) is 17.3 Å². The van der Waals surface area contributed by atoms with E-state index in [1.807, 2.05) is 0 Å². The van der Waals surface area contributed by atoms with Crippen LogP contribution in [-0.4, -0.2) is 44.3 Å². The predicted octanol–water partition coefficient (Wildman–Crippen LogP) is 1.92. The fourth-order valence-electron chi connectivity index (χ4n) is 2.87. The highest BCUT2D eigenvalue weighted by Crippen LogP contribution is 2.27. The molecule has 138 valence electrons. The first-order valence-corrected chi connectivity index (χ1v) is 9.74. The lowest BCUT2D eigenvalue weighted by Gasteiger charge is -2.30. The van der Waals surface area contributed by atoms with E-state index in [2.05, 4.69) is 5.32 Å². The molecule has 1 aromatic carbocycles. The first-order valence-electron chi connectivity index (χ1n) is 8.30. The summed E-state index contributed by atoms with van der Waals surface area (Å²) in [6.45, 7) is 5.81. The summed E-state index contributed by atoms with van der Waals surface area (Å²) in [5.41, 5.74) is 1.27. The third-order valence-corrected chi connectivity index (χ3v) is 6.11. The number of amides is 1. The summed E-state index contributed by atoms with van der Waals surface area (Å²) in [4.78, 5) is 23.1. The molecular formula is C17H24N2O5S. The van der Waals surface area contributed by atoms with Crippen LogP contribution in [0.15, 0.2) is 23.1 Å². The quantitative estimate of drug-likeness (QED) is 0.802. The Morgan fingerprint density at radius 2 is 1.92 bits per heavy atom. The maximum Gasteiger partial charge on any atom is 0.309 e. The van der Waals surface area contributed by atoms with Gasteiger partial charge in [-0.15, -0.1) is 0 Å². The molecule has 0 unspecified atom stereocenters. The Morgan fingerprint density at radius 1 is 1.28 bits per heavy atom. The second-order valence-corrected chi connectivity index (χ2v) is 8.03. The number of rotatable bonds is 5. The van der Waals surface area contributed by atoms with Crippen molar-refractivity contribution in [2.45, 2.75) is 38.5 Å². The topological polar surface area (TPSA) is 92.8 Å². The number of aryl methyl sites for hydroxylation is 1. The van der Waals surface area contributed by atoms with Gasteiger partial charge in [-0.25, -0.2) is 8.42 Å². The summed E-state index contributed by atoms with van der Waals surface area (Å²) in [5, 5.41) is 2.66. The van der Waals surface area contributed by atoms with Crippen LogP contribution >= 0.6 is 0 Å². The van der Waals surface area contributed by atoms with Crippen LogP contribution in [0.5, 0.6) is 0 Å². The Bertz CT molecular complexity index is 752. The van der Waals surface area contributed by atoms with Gasteiger partial charge in [0.25, 0.3) is 0 Å². The molecule has 25 heavy (non-hydrogen) atoms. The zero-order chi connectivity index (χ0) is 18.6. The minimum Gasteiger partial charge on any atom is -0.466 e. The molecule has 7 nitrogen and oxygen atoms in total. The van der Waals surface area contributed by atoms with Crippen molar-refractivity contribution in [3.8, 4) is 0 Å². The van der Waals surface area contributed by atoms with Crippen molar-refractivity contribution in [3.05, 3.63) is 23.8 Å². The van der Waals surface area contributed by atoms with Crippen molar-refractivity contribution in [3.63, 3.8) is 0 Å². The van der Waals surface area contributed by atoms with Gasteiger partial charge < -0.3 is 10.1 Å². The van der Waals surface area contributed by atoms with E-state index in [0.29, 0.717) is 30.7 Å². The third-order valence-electron chi connectivity index (χ3n) is 4.22. The molecule has 1 fully saturated rings. The Labute approximate surface area is 148 Å². The number of hydrogen-bond acceptors (Lipinski definition) is 5. The second-order valence-electron chi connectivity index (χ2n) is 6.09. The molecule has 1 aromatic rings. The van der Waals surface area contributed by atoms with Crippen LogP contribution in [0.4, 0.5) is 5.69 Å². The van der Waals surface area contributed by atoms with Crippen molar-refractivity contribution < 1.29 is 22.7 Å². The zero-order valence-corrected chi connectivity index (χ0v) is 15.6. The highest BCUT2D eigenvalue weighted by Gasteiger charge is 2.32. The Balaban J connectivity index is 2.11. The van der Waals surface area contributed by atoms with Gasteiger partial charge in [-0.05, 0) is 50.5 Å². The molecule has 1 amide bonds. The summed E-state index contributed by atoms with van der Waals surface area (Å²) in [6.07, 6.45) is 0.919. The summed E-state index contributed by atoms with van der Waals surface area (Å²) < 4.78 is 32.0. The fourth-order valence-corrected chi connectivity index (χ4v) is 4.42. The smallest absolute Gasteiger partial charge is 0.309 e. The maximum atomic E-state index is 12.8. The molecular weight excluding hydrogens is 344 g/mol. The number of anilines is 1. The molecule has 0 spiro atoms. The highest BCUT2D eigenvalue weighted by molar-refractivity contribution is 7.89. The minimum atomic E-state index is -3.62. The van der Waals surface area contributed by atoms with Crippen LogP contribution in [0.3, 0.4) is 0 Å². The fraction of sp³-hybridized carbons (Fsp3) is 0.529. The highest BCUT2D eigenvalue weighted by atomic mass is 32.2. The molecule has 0 bridgehead atoms. The number of hydrogen-bond donors (Lipinski definition) is 1. The number of piperidine rings is 1. The molecule has 1 saturated heterocycles. The molecule has 0 radical (unpaired) electrons. The SMILES string of the molecule is CCOC(=O)C1CCN(S(=O)(=O)c2ccc(NC(C)=O)c(C)c2)CC1. The van der Waals surface area contributed by atoms with Crippen molar-refractivity contribution in [2.24, 2.45) is 5.92 Å². The molecule has 0 aliphatic carbocycles. The first-order chi connectivity index (χ1) is 11.8. The van der Waals surface area contributed by atoms with E-state index in [4.69, 9.17) is 4.74 Å². The van der Waals surface area contributed by atoms with Gasteiger partial charge in [0, 0.05) is 25.7 Å². The molecule has 1 N–H and O–H groups in total. The lowest BCUT2D eigenvalue weighted by Crippen LogP contribution is -2.40. The van der Waals surface area contributed by atoms with Crippen molar-refractivity contribution in [1.29, 1.82) is 0 Å². The molecule has 2 rings (SSSR count). The maximum absolute atomic E-state index is 12.8.